The first kappa shape index (κ1) is 15.9. The normalized spacial score (nSPS) is 12.6. The van der Waals surface area contributed by atoms with E-state index in [1.165, 1.54) is 0 Å². The van der Waals surface area contributed by atoms with Crippen molar-refractivity contribution >= 4 is 35.1 Å². The van der Waals surface area contributed by atoms with E-state index in [2.05, 4.69) is 11.9 Å². The molecule has 0 amide bonds. The van der Waals surface area contributed by atoms with Gasteiger partial charge in [-0.3, -0.25) is 4.99 Å². The molecule has 0 spiro atoms. The van der Waals surface area contributed by atoms with Crippen LogP contribution in [0.4, 0.5) is 5.69 Å². The largest absolute Gasteiger partial charge is 0.489 e. The number of aliphatic imine (C=N–C) groups is 1. The third-order valence-corrected chi connectivity index (χ3v) is 3.60. The molecule has 0 aliphatic rings. The molecular weight excluding hydrogens is 305 g/mol. The zero-order valence-electron chi connectivity index (χ0n) is 12.0. The van der Waals surface area contributed by atoms with Crippen molar-refractivity contribution in [1.82, 2.24) is 0 Å². The van der Waals surface area contributed by atoms with Crippen LogP contribution < -0.4 is 4.74 Å². The minimum absolute atomic E-state index is 0.149. The van der Waals surface area contributed by atoms with Gasteiger partial charge in [-0.2, -0.15) is 0 Å². The fourth-order valence-electron chi connectivity index (χ4n) is 1.67. The van der Waals surface area contributed by atoms with Gasteiger partial charge in [0.25, 0.3) is 0 Å². The Kier molecular flexibility index (Phi) is 5.66. The first-order chi connectivity index (χ1) is 10.1. The second-order valence-electron chi connectivity index (χ2n) is 4.76. The van der Waals surface area contributed by atoms with Gasteiger partial charge in [-0.25, -0.2) is 0 Å². The van der Waals surface area contributed by atoms with Crippen LogP contribution in [-0.2, 0) is 0 Å². The number of hydrogen-bond acceptors (Lipinski definition) is 2. The van der Waals surface area contributed by atoms with Gasteiger partial charge in [0, 0.05) is 11.2 Å². The van der Waals surface area contributed by atoms with Crippen LogP contribution in [0, 0.1) is 0 Å². The Bertz CT molecular complexity index is 623. The van der Waals surface area contributed by atoms with Gasteiger partial charge >= 0.3 is 0 Å². The van der Waals surface area contributed by atoms with E-state index in [1.54, 1.807) is 6.21 Å². The average Bonchev–Trinajstić information content (AvgIpc) is 2.49. The topological polar surface area (TPSA) is 21.6 Å². The van der Waals surface area contributed by atoms with Crippen LogP contribution in [0.3, 0.4) is 0 Å². The predicted molar refractivity (Wildman–Crippen MR) is 90.5 cm³/mol. The molecule has 0 aromatic heterocycles. The van der Waals surface area contributed by atoms with Crippen LogP contribution in [0.25, 0.3) is 0 Å². The SMILES string of the molecule is CC[C@@H](C)Oc1ccc(C=Nc2ccc(Cl)cc2)cc1Cl. The fraction of sp³-hybridized carbons (Fsp3) is 0.235. The summed E-state index contributed by atoms with van der Waals surface area (Å²) < 4.78 is 5.73. The van der Waals surface area contributed by atoms with Crippen LogP contribution in [0.2, 0.25) is 10.0 Å². The van der Waals surface area contributed by atoms with E-state index in [9.17, 15) is 0 Å². The summed E-state index contributed by atoms with van der Waals surface area (Å²) in [5.41, 5.74) is 1.77. The van der Waals surface area contributed by atoms with Crippen LogP contribution in [-0.4, -0.2) is 12.3 Å². The van der Waals surface area contributed by atoms with Gasteiger partial charge in [-0.1, -0.05) is 30.1 Å². The molecule has 0 saturated heterocycles. The first-order valence-corrected chi connectivity index (χ1v) is 7.60. The summed E-state index contributed by atoms with van der Waals surface area (Å²) in [6.07, 6.45) is 2.86. The molecule has 4 heteroatoms. The van der Waals surface area contributed by atoms with E-state index in [1.807, 2.05) is 49.4 Å². The van der Waals surface area contributed by atoms with E-state index in [0.717, 1.165) is 17.7 Å². The second-order valence-corrected chi connectivity index (χ2v) is 5.60. The van der Waals surface area contributed by atoms with Gasteiger partial charge < -0.3 is 4.74 Å². The average molecular weight is 322 g/mol. The van der Waals surface area contributed by atoms with E-state index in [0.29, 0.717) is 15.8 Å². The Labute approximate surface area is 135 Å². The van der Waals surface area contributed by atoms with Crippen LogP contribution in [0.15, 0.2) is 47.5 Å². The van der Waals surface area contributed by atoms with E-state index < -0.39 is 0 Å². The number of hydrogen-bond donors (Lipinski definition) is 0. The zero-order chi connectivity index (χ0) is 15.2. The van der Waals surface area contributed by atoms with Gasteiger partial charge in [0.1, 0.15) is 5.75 Å². The molecule has 0 unspecified atom stereocenters. The van der Waals surface area contributed by atoms with Crippen molar-refractivity contribution in [2.45, 2.75) is 26.4 Å². The molecular formula is C17H17Cl2NO. The molecule has 110 valence electrons. The molecule has 2 rings (SSSR count). The van der Waals surface area contributed by atoms with Crippen molar-refractivity contribution < 1.29 is 4.74 Å². The predicted octanol–water partition coefficient (Wildman–Crippen LogP) is 5.92. The molecule has 0 aliphatic heterocycles. The Balaban J connectivity index is 2.11. The Hall–Kier alpha value is -1.51. The lowest BCUT2D eigenvalue weighted by molar-refractivity contribution is 0.217. The number of benzene rings is 2. The van der Waals surface area contributed by atoms with Crippen LogP contribution in [0.5, 0.6) is 5.75 Å². The van der Waals surface area contributed by atoms with E-state index in [-0.39, 0.29) is 6.10 Å². The molecule has 0 aliphatic carbocycles. The van der Waals surface area contributed by atoms with Crippen molar-refractivity contribution in [3.8, 4) is 5.75 Å². The molecule has 0 saturated carbocycles. The fourth-order valence-corrected chi connectivity index (χ4v) is 2.03. The highest BCUT2D eigenvalue weighted by Gasteiger charge is 2.06. The Morgan fingerprint density at radius 3 is 2.48 bits per heavy atom. The molecule has 0 radical (unpaired) electrons. The summed E-state index contributed by atoms with van der Waals surface area (Å²) in [6.45, 7) is 4.10. The maximum absolute atomic E-state index is 6.23. The monoisotopic (exact) mass is 321 g/mol. The van der Waals surface area contributed by atoms with Crippen molar-refractivity contribution in [3.63, 3.8) is 0 Å². The van der Waals surface area contributed by atoms with Gasteiger partial charge in [-0.05, 0) is 61.4 Å². The van der Waals surface area contributed by atoms with Crippen molar-refractivity contribution in [3.05, 3.63) is 58.1 Å². The van der Waals surface area contributed by atoms with Crippen molar-refractivity contribution in [2.75, 3.05) is 0 Å². The zero-order valence-corrected chi connectivity index (χ0v) is 13.5. The van der Waals surface area contributed by atoms with Gasteiger partial charge in [-0.15, -0.1) is 0 Å². The molecule has 0 N–H and O–H groups in total. The third-order valence-electron chi connectivity index (χ3n) is 3.05. The van der Waals surface area contributed by atoms with Gasteiger partial charge in [0.15, 0.2) is 0 Å². The van der Waals surface area contributed by atoms with E-state index >= 15 is 0 Å². The highest BCUT2D eigenvalue weighted by Crippen LogP contribution is 2.26. The number of halogens is 2. The molecule has 21 heavy (non-hydrogen) atoms. The van der Waals surface area contributed by atoms with Crippen LogP contribution >= 0.6 is 23.2 Å². The Morgan fingerprint density at radius 1 is 1.14 bits per heavy atom. The molecule has 2 aromatic carbocycles. The number of rotatable bonds is 5. The first-order valence-electron chi connectivity index (χ1n) is 6.84. The Morgan fingerprint density at radius 2 is 1.86 bits per heavy atom. The quantitative estimate of drug-likeness (QED) is 0.626. The van der Waals surface area contributed by atoms with Crippen LogP contribution in [0.1, 0.15) is 25.8 Å². The molecule has 0 heterocycles. The standard InChI is InChI=1S/C17H17Cl2NO/c1-3-12(2)21-17-9-4-13(10-16(17)19)11-20-15-7-5-14(18)6-8-15/h4-12H,3H2,1-2H3/t12-/m1/s1. The smallest absolute Gasteiger partial charge is 0.138 e. The number of nitrogens with zero attached hydrogens (tertiary/aromatic N) is 1. The minimum Gasteiger partial charge on any atom is -0.489 e. The van der Waals surface area contributed by atoms with Crippen molar-refractivity contribution in [2.24, 2.45) is 4.99 Å². The third kappa shape index (κ3) is 4.76. The number of ether oxygens (including phenoxy) is 1. The molecule has 2 nitrogen and oxygen atoms in total. The maximum Gasteiger partial charge on any atom is 0.138 e. The van der Waals surface area contributed by atoms with Crippen molar-refractivity contribution in [1.29, 1.82) is 0 Å². The van der Waals surface area contributed by atoms with Gasteiger partial charge in [0.2, 0.25) is 0 Å². The highest BCUT2D eigenvalue weighted by molar-refractivity contribution is 6.32. The summed E-state index contributed by atoms with van der Waals surface area (Å²) in [4.78, 5) is 4.38. The highest BCUT2D eigenvalue weighted by atomic mass is 35.5. The summed E-state index contributed by atoms with van der Waals surface area (Å²) in [7, 11) is 0. The molecule has 0 bridgehead atoms. The summed E-state index contributed by atoms with van der Waals surface area (Å²) >= 11 is 12.1. The molecule has 1 atom stereocenters. The lowest BCUT2D eigenvalue weighted by Crippen LogP contribution is -2.09. The summed E-state index contributed by atoms with van der Waals surface area (Å²) in [5.74, 6) is 0.703. The lowest BCUT2D eigenvalue weighted by Gasteiger charge is -2.13. The van der Waals surface area contributed by atoms with Gasteiger partial charge in [0.05, 0.1) is 16.8 Å². The maximum atomic E-state index is 6.23. The minimum atomic E-state index is 0.149. The van der Waals surface area contributed by atoms with E-state index in [4.69, 9.17) is 27.9 Å². The summed E-state index contributed by atoms with van der Waals surface area (Å²) in [5, 5.41) is 1.29. The molecule has 0 fully saturated rings. The molecule has 2 aromatic rings. The lowest BCUT2D eigenvalue weighted by atomic mass is 10.2. The second kappa shape index (κ2) is 7.48. The summed E-state index contributed by atoms with van der Waals surface area (Å²) in [6, 6.07) is 13.0.